The van der Waals surface area contributed by atoms with Gasteiger partial charge >= 0.3 is 5.97 Å². The van der Waals surface area contributed by atoms with E-state index < -0.39 is 17.6 Å². The zero-order chi connectivity index (χ0) is 21.8. The first-order valence-electron chi connectivity index (χ1n) is 9.70. The quantitative estimate of drug-likeness (QED) is 0.656. The highest BCUT2D eigenvalue weighted by molar-refractivity contribution is 8.00. The Hall–Kier alpha value is -1.44. The van der Waals surface area contributed by atoms with Crippen LogP contribution < -0.4 is 15.4 Å². The topological polar surface area (TPSA) is 76.7 Å². The van der Waals surface area contributed by atoms with E-state index in [1.165, 1.54) is 11.8 Å². The lowest BCUT2D eigenvalue weighted by molar-refractivity contribution is -0.158. The lowest BCUT2D eigenvalue weighted by Crippen LogP contribution is -2.50. The maximum absolute atomic E-state index is 12.7. The molecule has 0 unspecified atom stereocenters. The molecular weight excluding hydrogens is 412 g/mol. The van der Waals surface area contributed by atoms with Crippen molar-refractivity contribution in [1.82, 2.24) is 10.6 Å². The SMILES string of the molecule is CC(C)(C)OC(=O)[C@H](Cc1ccc(OC(C)(C)C)c(Cl)c1)NC(=O)[C@H]1NCCS1. The van der Waals surface area contributed by atoms with Crippen LogP contribution in [0.5, 0.6) is 5.75 Å². The first kappa shape index (κ1) is 23.8. The van der Waals surface area contributed by atoms with Crippen LogP contribution in [0.15, 0.2) is 18.2 Å². The largest absolute Gasteiger partial charge is 0.487 e. The van der Waals surface area contributed by atoms with E-state index in [0.29, 0.717) is 10.8 Å². The van der Waals surface area contributed by atoms with E-state index in [0.717, 1.165) is 17.9 Å². The monoisotopic (exact) mass is 442 g/mol. The van der Waals surface area contributed by atoms with Crippen LogP contribution in [0.4, 0.5) is 0 Å². The third kappa shape index (κ3) is 8.07. The van der Waals surface area contributed by atoms with Gasteiger partial charge in [0, 0.05) is 18.7 Å². The molecule has 1 heterocycles. The minimum Gasteiger partial charge on any atom is -0.487 e. The fourth-order valence-corrected chi connectivity index (χ4v) is 3.90. The summed E-state index contributed by atoms with van der Waals surface area (Å²) in [5.74, 6) is 0.745. The number of carbonyl (C=O) groups excluding carboxylic acids is 2. The lowest BCUT2D eigenvalue weighted by atomic mass is 10.0. The number of rotatable bonds is 6. The average molecular weight is 443 g/mol. The summed E-state index contributed by atoms with van der Waals surface area (Å²) in [6.45, 7) is 12.0. The smallest absolute Gasteiger partial charge is 0.329 e. The molecule has 6 nitrogen and oxygen atoms in total. The number of ether oxygens (including phenoxy) is 2. The van der Waals surface area contributed by atoms with Gasteiger partial charge in [-0.1, -0.05) is 17.7 Å². The van der Waals surface area contributed by atoms with Gasteiger partial charge in [0.25, 0.3) is 0 Å². The van der Waals surface area contributed by atoms with Crippen LogP contribution in [0.2, 0.25) is 5.02 Å². The Morgan fingerprint density at radius 3 is 2.45 bits per heavy atom. The summed E-state index contributed by atoms with van der Waals surface area (Å²) >= 11 is 7.89. The molecule has 0 aromatic heterocycles. The summed E-state index contributed by atoms with van der Waals surface area (Å²) < 4.78 is 11.4. The predicted octanol–water partition coefficient (Wildman–Crippen LogP) is 3.55. The van der Waals surface area contributed by atoms with Gasteiger partial charge in [0.05, 0.1) is 5.02 Å². The zero-order valence-corrected chi connectivity index (χ0v) is 19.5. The molecule has 0 aliphatic carbocycles. The fourth-order valence-electron chi connectivity index (χ4n) is 2.73. The van der Waals surface area contributed by atoms with Gasteiger partial charge in [0.2, 0.25) is 5.91 Å². The second-order valence-electron chi connectivity index (χ2n) is 8.98. The Morgan fingerprint density at radius 1 is 1.24 bits per heavy atom. The van der Waals surface area contributed by atoms with Crippen LogP contribution in [0.3, 0.4) is 0 Å². The van der Waals surface area contributed by atoms with Gasteiger partial charge in [-0.2, -0.15) is 0 Å². The highest BCUT2D eigenvalue weighted by Crippen LogP contribution is 2.29. The molecule has 2 atom stereocenters. The van der Waals surface area contributed by atoms with Gasteiger partial charge in [-0.25, -0.2) is 4.79 Å². The van der Waals surface area contributed by atoms with Crippen molar-refractivity contribution in [3.8, 4) is 5.75 Å². The molecule has 0 radical (unpaired) electrons. The van der Waals surface area contributed by atoms with Crippen molar-refractivity contribution in [1.29, 1.82) is 0 Å². The molecule has 0 bridgehead atoms. The van der Waals surface area contributed by atoms with E-state index >= 15 is 0 Å². The van der Waals surface area contributed by atoms with Crippen LogP contribution in [-0.2, 0) is 20.7 Å². The van der Waals surface area contributed by atoms with Crippen molar-refractivity contribution >= 4 is 35.2 Å². The number of carbonyl (C=O) groups is 2. The van der Waals surface area contributed by atoms with Crippen LogP contribution in [-0.4, -0.2) is 46.8 Å². The Bertz CT molecular complexity index is 737. The summed E-state index contributed by atoms with van der Waals surface area (Å²) in [6.07, 6.45) is 0.271. The first-order valence-corrected chi connectivity index (χ1v) is 11.1. The molecule has 1 aliphatic rings. The van der Waals surface area contributed by atoms with E-state index in [1.54, 1.807) is 32.9 Å². The molecule has 1 aromatic carbocycles. The number of amides is 1. The molecule has 8 heteroatoms. The molecule has 1 fully saturated rings. The molecule has 1 aliphatic heterocycles. The van der Waals surface area contributed by atoms with E-state index in [2.05, 4.69) is 10.6 Å². The molecule has 2 N–H and O–H groups in total. The summed E-state index contributed by atoms with van der Waals surface area (Å²) in [7, 11) is 0. The minimum absolute atomic E-state index is 0.220. The Balaban J connectivity index is 2.16. The number of hydrogen-bond donors (Lipinski definition) is 2. The molecule has 1 amide bonds. The van der Waals surface area contributed by atoms with Crippen LogP contribution in [0, 0.1) is 0 Å². The maximum Gasteiger partial charge on any atom is 0.329 e. The number of thioether (sulfide) groups is 1. The standard InChI is InChI=1S/C21H31ClN2O4S/c1-20(2,3)27-16-8-7-13(11-14(16)22)12-15(19(26)28-21(4,5)6)24-17(25)18-23-9-10-29-18/h7-8,11,15,18,23H,9-10,12H2,1-6H3,(H,24,25)/t15-,18-/m0/s1. The molecule has 2 rings (SSSR count). The Morgan fingerprint density at radius 2 is 1.93 bits per heavy atom. The van der Waals surface area contributed by atoms with Gasteiger partial charge in [-0.3, -0.25) is 10.1 Å². The molecule has 1 saturated heterocycles. The van der Waals surface area contributed by atoms with Crippen molar-refractivity contribution in [3.63, 3.8) is 0 Å². The number of nitrogens with one attached hydrogen (secondary N) is 2. The summed E-state index contributed by atoms with van der Waals surface area (Å²) in [4.78, 5) is 25.3. The van der Waals surface area contributed by atoms with Crippen molar-refractivity contribution < 1.29 is 19.1 Å². The molecule has 0 saturated carbocycles. The molecule has 162 valence electrons. The highest BCUT2D eigenvalue weighted by atomic mass is 35.5. The first-order chi connectivity index (χ1) is 13.3. The number of hydrogen-bond acceptors (Lipinski definition) is 6. The van der Waals surface area contributed by atoms with E-state index in [-0.39, 0.29) is 23.3 Å². The van der Waals surface area contributed by atoms with Gasteiger partial charge < -0.3 is 14.8 Å². The Labute approximate surface area is 182 Å². The summed E-state index contributed by atoms with van der Waals surface area (Å²) in [6, 6.07) is 4.58. The Kier molecular flexibility index (Phi) is 7.87. The van der Waals surface area contributed by atoms with Gasteiger partial charge in [-0.05, 0) is 59.2 Å². The molecule has 1 aromatic rings. The van der Waals surface area contributed by atoms with E-state index in [1.807, 2.05) is 26.8 Å². The third-order valence-electron chi connectivity index (χ3n) is 3.81. The van der Waals surface area contributed by atoms with Crippen molar-refractivity contribution in [2.45, 2.75) is 70.6 Å². The normalized spacial score (nSPS) is 18.2. The van der Waals surface area contributed by atoms with Gasteiger partial charge in [0.15, 0.2) is 0 Å². The summed E-state index contributed by atoms with van der Waals surface area (Å²) in [5, 5.41) is 6.05. The zero-order valence-electron chi connectivity index (χ0n) is 17.9. The van der Waals surface area contributed by atoms with Crippen LogP contribution in [0.1, 0.15) is 47.1 Å². The highest BCUT2D eigenvalue weighted by Gasteiger charge is 2.31. The van der Waals surface area contributed by atoms with Crippen molar-refractivity contribution in [2.24, 2.45) is 0 Å². The molecule has 29 heavy (non-hydrogen) atoms. The fraction of sp³-hybridized carbons (Fsp3) is 0.619. The average Bonchev–Trinajstić information content (AvgIpc) is 3.08. The van der Waals surface area contributed by atoms with E-state index in [9.17, 15) is 9.59 Å². The summed E-state index contributed by atoms with van der Waals surface area (Å²) in [5.41, 5.74) is -0.216. The van der Waals surface area contributed by atoms with Crippen molar-refractivity contribution in [2.75, 3.05) is 12.3 Å². The van der Waals surface area contributed by atoms with Gasteiger partial charge in [-0.15, -0.1) is 11.8 Å². The molecule has 0 spiro atoms. The van der Waals surface area contributed by atoms with Crippen LogP contribution >= 0.6 is 23.4 Å². The van der Waals surface area contributed by atoms with Crippen LogP contribution in [0.25, 0.3) is 0 Å². The second kappa shape index (κ2) is 9.58. The minimum atomic E-state index is -0.810. The number of benzene rings is 1. The number of esters is 1. The number of halogens is 1. The van der Waals surface area contributed by atoms with E-state index in [4.69, 9.17) is 21.1 Å². The maximum atomic E-state index is 12.7. The lowest BCUT2D eigenvalue weighted by Gasteiger charge is -2.26. The van der Waals surface area contributed by atoms with Gasteiger partial charge in [0.1, 0.15) is 28.4 Å². The molecular formula is C21H31ClN2O4S. The third-order valence-corrected chi connectivity index (χ3v) is 5.26. The second-order valence-corrected chi connectivity index (χ2v) is 10.6. The van der Waals surface area contributed by atoms with Crippen molar-refractivity contribution in [3.05, 3.63) is 28.8 Å². The predicted molar refractivity (Wildman–Crippen MR) is 118 cm³/mol.